The molecule has 0 aromatic carbocycles. The van der Waals surface area contributed by atoms with Gasteiger partial charge in [-0.05, 0) is 6.42 Å². The van der Waals surface area contributed by atoms with E-state index >= 15 is 0 Å². The molecule has 0 aliphatic heterocycles. The number of amides is 1. The first-order valence-corrected chi connectivity index (χ1v) is 3.23. The standard InChI is InChI=1S/C6H12N2O3/c1-2-6(8,5(10)11)3-4(7)9/h2-3,8H2,1H3,(H2,7,9)(H,10,11)/t6-/m0/s1. The van der Waals surface area contributed by atoms with Crippen LogP contribution in [0.25, 0.3) is 0 Å². The lowest BCUT2D eigenvalue weighted by atomic mass is 9.93. The summed E-state index contributed by atoms with van der Waals surface area (Å²) < 4.78 is 0. The molecule has 0 aromatic rings. The number of hydrogen-bond acceptors (Lipinski definition) is 3. The van der Waals surface area contributed by atoms with Crippen LogP contribution in [0.5, 0.6) is 0 Å². The van der Waals surface area contributed by atoms with Gasteiger partial charge in [-0.3, -0.25) is 9.59 Å². The summed E-state index contributed by atoms with van der Waals surface area (Å²) in [6, 6.07) is 0. The zero-order chi connectivity index (χ0) is 9.07. The number of hydrogen-bond donors (Lipinski definition) is 3. The molecular weight excluding hydrogens is 148 g/mol. The maximum Gasteiger partial charge on any atom is 0.324 e. The number of carbonyl (C=O) groups excluding carboxylic acids is 1. The molecule has 1 amide bonds. The van der Waals surface area contributed by atoms with Gasteiger partial charge in [0, 0.05) is 0 Å². The second kappa shape index (κ2) is 3.34. The van der Waals surface area contributed by atoms with Gasteiger partial charge in [-0.25, -0.2) is 0 Å². The third kappa shape index (κ3) is 2.55. The van der Waals surface area contributed by atoms with Gasteiger partial charge >= 0.3 is 5.97 Å². The van der Waals surface area contributed by atoms with E-state index in [1.165, 1.54) is 0 Å². The van der Waals surface area contributed by atoms with Crippen molar-refractivity contribution >= 4 is 11.9 Å². The van der Waals surface area contributed by atoms with Crippen molar-refractivity contribution in [2.75, 3.05) is 0 Å². The van der Waals surface area contributed by atoms with Crippen LogP contribution in [0.15, 0.2) is 0 Å². The Bertz CT molecular complexity index is 181. The molecule has 1 atom stereocenters. The fourth-order valence-corrected chi connectivity index (χ4v) is 0.663. The normalized spacial score (nSPS) is 15.5. The van der Waals surface area contributed by atoms with Gasteiger partial charge < -0.3 is 16.6 Å². The van der Waals surface area contributed by atoms with E-state index in [4.69, 9.17) is 16.6 Å². The lowest BCUT2D eigenvalue weighted by Gasteiger charge is -2.20. The Labute approximate surface area is 64.4 Å². The third-order valence-corrected chi connectivity index (χ3v) is 1.55. The predicted molar refractivity (Wildman–Crippen MR) is 38.7 cm³/mol. The monoisotopic (exact) mass is 160 g/mol. The second-order valence-electron chi connectivity index (χ2n) is 2.46. The first kappa shape index (κ1) is 9.90. The van der Waals surface area contributed by atoms with Gasteiger partial charge in [0.05, 0.1) is 6.42 Å². The highest BCUT2D eigenvalue weighted by molar-refractivity contribution is 5.86. The number of rotatable bonds is 4. The summed E-state index contributed by atoms with van der Waals surface area (Å²) >= 11 is 0. The lowest BCUT2D eigenvalue weighted by molar-refractivity contribution is -0.145. The molecule has 5 heteroatoms. The Morgan fingerprint density at radius 1 is 1.55 bits per heavy atom. The van der Waals surface area contributed by atoms with Crippen LogP contribution >= 0.6 is 0 Å². The van der Waals surface area contributed by atoms with Crippen LogP contribution in [-0.4, -0.2) is 22.5 Å². The number of aliphatic carboxylic acids is 1. The molecule has 64 valence electrons. The topological polar surface area (TPSA) is 106 Å². The van der Waals surface area contributed by atoms with Gasteiger partial charge in [-0.1, -0.05) is 6.92 Å². The highest BCUT2D eigenvalue weighted by atomic mass is 16.4. The molecule has 0 heterocycles. The van der Waals surface area contributed by atoms with E-state index in [9.17, 15) is 9.59 Å². The molecule has 11 heavy (non-hydrogen) atoms. The zero-order valence-electron chi connectivity index (χ0n) is 6.33. The summed E-state index contributed by atoms with van der Waals surface area (Å²) in [7, 11) is 0. The molecule has 0 spiro atoms. The zero-order valence-corrected chi connectivity index (χ0v) is 6.33. The van der Waals surface area contributed by atoms with Crippen LogP contribution in [0.3, 0.4) is 0 Å². The minimum atomic E-state index is -1.49. The Kier molecular flexibility index (Phi) is 3.00. The van der Waals surface area contributed by atoms with E-state index in [-0.39, 0.29) is 12.8 Å². The van der Waals surface area contributed by atoms with E-state index in [1.54, 1.807) is 6.92 Å². The molecule has 0 saturated heterocycles. The van der Waals surface area contributed by atoms with Gasteiger partial charge in [0.25, 0.3) is 0 Å². The average molecular weight is 160 g/mol. The molecular formula is C6H12N2O3. The van der Waals surface area contributed by atoms with Crippen molar-refractivity contribution in [2.45, 2.75) is 25.3 Å². The smallest absolute Gasteiger partial charge is 0.324 e. The SMILES string of the molecule is CC[C@](N)(CC(N)=O)C(=O)O. The lowest BCUT2D eigenvalue weighted by Crippen LogP contribution is -2.50. The van der Waals surface area contributed by atoms with Crippen LogP contribution in [0, 0.1) is 0 Å². The van der Waals surface area contributed by atoms with E-state index < -0.39 is 17.4 Å². The summed E-state index contributed by atoms with van der Waals surface area (Å²) in [6.45, 7) is 1.59. The number of carboxylic acid groups (broad SMARTS) is 1. The fraction of sp³-hybridized carbons (Fsp3) is 0.667. The molecule has 0 aliphatic rings. The van der Waals surface area contributed by atoms with Gasteiger partial charge in [0.15, 0.2) is 0 Å². The number of nitrogens with two attached hydrogens (primary N) is 2. The van der Waals surface area contributed by atoms with Crippen LogP contribution in [0.2, 0.25) is 0 Å². The Morgan fingerprint density at radius 2 is 2.00 bits per heavy atom. The molecule has 0 aliphatic carbocycles. The molecule has 0 bridgehead atoms. The van der Waals surface area contributed by atoms with Gasteiger partial charge in [-0.2, -0.15) is 0 Å². The van der Waals surface area contributed by atoms with E-state index in [2.05, 4.69) is 0 Å². The van der Waals surface area contributed by atoms with Crippen molar-refractivity contribution in [3.63, 3.8) is 0 Å². The van der Waals surface area contributed by atoms with Crippen molar-refractivity contribution in [3.8, 4) is 0 Å². The molecule has 0 radical (unpaired) electrons. The third-order valence-electron chi connectivity index (χ3n) is 1.55. The Hall–Kier alpha value is -1.10. The van der Waals surface area contributed by atoms with Crippen molar-refractivity contribution in [2.24, 2.45) is 11.5 Å². The molecule has 5 N–H and O–H groups in total. The summed E-state index contributed by atoms with van der Waals surface area (Å²) in [6.07, 6.45) is -0.135. The molecule has 0 rings (SSSR count). The first-order valence-electron chi connectivity index (χ1n) is 3.23. The maximum atomic E-state index is 10.5. The highest BCUT2D eigenvalue weighted by Crippen LogP contribution is 2.10. The minimum absolute atomic E-state index is 0.186. The van der Waals surface area contributed by atoms with Gasteiger partial charge in [0.2, 0.25) is 5.91 Å². The molecule has 0 unspecified atom stereocenters. The largest absolute Gasteiger partial charge is 0.480 e. The minimum Gasteiger partial charge on any atom is -0.480 e. The van der Waals surface area contributed by atoms with E-state index in [0.29, 0.717) is 0 Å². The average Bonchev–Trinajstić information content (AvgIpc) is 1.86. The van der Waals surface area contributed by atoms with E-state index in [1.807, 2.05) is 0 Å². The van der Waals surface area contributed by atoms with Crippen molar-refractivity contribution in [1.29, 1.82) is 0 Å². The van der Waals surface area contributed by atoms with Crippen LogP contribution in [0.1, 0.15) is 19.8 Å². The van der Waals surface area contributed by atoms with E-state index in [0.717, 1.165) is 0 Å². The van der Waals surface area contributed by atoms with Crippen molar-refractivity contribution < 1.29 is 14.7 Å². The van der Waals surface area contributed by atoms with Crippen LogP contribution in [0.4, 0.5) is 0 Å². The Balaban J connectivity index is 4.34. The second-order valence-corrected chi connectivity index (χ2v) is 2.46. The number of primary amides is 1. The van der Waals surface area contributed by atoms with Gasteiger partial charge in [0.1, 0.15) is 5.54 Å². The predicted octanol–water partition coefficient (Wildman–Crippen LogP) is -0.946. The summed E-state index contributed by atoms with van der Waals surface area (Å²) in [5.74, 6) is -1.89. The van der Waals surface area contributed by atoms with Crippen molar-refractivity contribution in [3.05, 3.63) is 0 Å². The first-order chi connectivity index (χ1) is 4.92. The fourth-order valence-electron chi connectivity index (χ4n) is 0.663. The summed E-state index contributed by atoms with van der Waals surface area (Å²) in [5.41, 5.74) is 8.66. The highest BCUT2D eigenvalue weighted by Gasteiger charge is 2.33. The van der Waals surface area contributed by atoms with Gasteiger partial charge in [-0.15, -0.1) is 0 Å². The van der Waals surface area contributed by atoms with Crippen LogP contribution < -0.4 is 11.5 Å². The molecule has 5 nitrogen and oxygen atoms in total. The molecule has 0 saturated carbocycles. The summed E-state index contributed by atoms with van der Waals surface area (Å²) in [4.78, 5) is 20.8. The van der Waals surface area contributed by atoms with Crippen molar-refractivity contribution in [1.82, 2.24) is 0 Å². The number of carboxylic acids is 1. The quantitative estimate of drug-likeness (QED) is 0.493. The maximum absolute atomic E-state index is 10.5. The number of carbonyl (C=O) groups is 2. The summed E-state index contributed by atoms with van der Waals surface area (Å²) in [5, 5.41) is 8.55. The van der Waals surface area contributed by atoms with Crippen LogP contribution in [-0.2, 0) is 9.59 Å². The molecule has 0 fully saturated rings. The molecule has 0 aromatic heterocycles. The Morgan fingerprint density at radius 3 is 2.09 bits per heavy atom.